The molecule has 69 valence electrons. The van der Waals surface area contributed by atoms with Crippen LogP contribution >= 0.6 is 0 Å². The van der Waals surface area contributed by atoms with Gasteiger partial charge in [-0.1, -0.05) is 12.2 Å². The fourth-order valence-corrected chi connectivity index (χ4v) is 1.49. The van der Waals surface area contributed by atoms with Gasteiger partial charge in [-0.05, 0) is 26.3 Å². The summed E-state index contributed by atoms with van der Waals surface area (Å²) in [4.78, 5) is 2.52. The van der Waals surface area contributed by atoms with E-state index in [1.54, 1.807) is 0 Å². The molecule has 1 aliphatic rings. The van der Waals surface area contributed by atoms with E-state index in [0.29, 0.717) is 0 Å². The number of piperazine rings is 1. The van der Waals surface area contributed by atoms with Crippen molar-refractivity contribution < 1.29 is 0 Å². The monoisotopic (exact) mass is 167 g/mol. The van der Waals surface area contributed by atoms with Crippen molar-refractivity contribution >= 4 is 0 Å². The van der Waals surface area contributed by atoms with E-state index < -0.39 is 0 Å². The first-order valence-corrected chi connectivity index (χ1v) is 4.81. The van der Waals surface area contributed by atoms with Crippen LogP contribution in [0.5, 0.6) is 0 Å². The molecule has 0 aliphatic carbocycles. The maximum Gasteiger partial charge on any atom is 0.0107 e. The molecule has 0 atom stereocenters. The Bertz CT molecular complexity index is 126. The molecule has 1 radical (unpaired) electrons. The number of allylic oxidation sites excluding steroid dienone is 2. The minimum Gasteiger partial charge on any atom is -0.314 e. The maximum atomic E-state index is 3.67. The van der Waals surface area contributed by atoms with Crippen LogP contribution in [0.1, 0.15) is 12.8 Å². The Morgan fingerprint density at radius 2 is 2.08 bits per heavy atom. The van der Waals surface area contributed by atoms with Crippen LogP contribution in [0.4, 0.5) is 0 Å². The van der Waals surface area contributed by atoms with Gasteiger partial charge in [0.1, 0.15) is 0 Å². The summed E-state index contributed by atoms with van der Waals surface area (Å²) >= 11 is 0. The van der Waals surface area contributed by atoms with E-state index in [1.165, 1.54) is 32.5 Å². The highest BCUT2D eigenvalue weighted by atomic mass is 15.2. The predicted molar refractivity (Wildman–Crippen MR) is 53.0 cm³/mol. The van der Waals surface area contributed by atoms with Gasteiger partial charge in [0.05, 0.1) is 0 Å². The highest BCUT2D eigenvalue weighted by Crippen LogP contribution is 1.97. The Hall–Kier alpha value is -0.340. The van der Waals surface area contributed by atoms with Crippen molar-refractivity contribution in [3.05, 3.63) is 19.1 Å². The summed E-state index contributed by atoms with van der Waals surface area (Å²) in [7, 11) is 0. The molecular weight excluding hydrogens is 148 g/mol. The largest absolute Gasteiger partial charge is 0.314 e. The van der Waals surface area contributed by atoms with Gasteiger partial charge < -0.3 is 10.2 Å². The second-order valence-corrected chi connectivity index (χ2v) is 3.21. The predicted octanol–water partition coefficient (Wildman–Crippen LogP) is 1.06. The third-order valence-corrected chi connectivity index (χ3v) is 2.22. The Balaban J connectivity index is 1.97. The standard InChI is InChI=1S/C10H19N2/c1-2-3-4-5-8-12-9-6-11-7-10-12/h2-3,11H,1,4-10H2/b3-2+. The lowest BCUT2D eigenvalue weighted by molar-refractivity contribution is 0.239. The first kappa shape index (κ1) is 9.75. The molecule has 0 amide bonds. The number of unbranched alkanes of at least 4 members (excludes halogenated alkanes) is 1. The van der Waals surface area contributed by atoms with Crippen LogP contribution in [-0.4, -0.2) is 37.6 Å². The zero-order valence-corrected chi connectivity index (χ0v) is 7.76. The zero-order valence-electron chi connectivity index (χ0n) is 7.76. The minimum absolute atomic E-state index is 1.16. The van der Waals surface area contributed by atoms with Gasteiger partial charge in [0.25, 0.3) is 0 Å². The van der Waals surface area contributed by atoms with Gasteiger partial charge in [0.15, 0.2) is 0 Å². The van der Waals surface area contributed by atoms with Crippen LogP contribution in [0, 0.1) is 6.92 Å². The lowest BCUT2D eigenvalue weighted by Gasteiger charge is -2.26. The topological polar surface area (TPSA) is 15.3 Å². The number of nitrogens with one attached hydrogen (secondary N) is 1. The summed E-state index contributed by atoms with van der Waals surface area (Å²) in [6, 6.07) is 0. The summed E-state index contributed by atoms with van der Waals surface area (Å²) in [5, 5.41) is 3.35. The Labute approximate surface area is 75.6 Å². The van der Waals surface area contributed by atoms with E-state index in [0.717, 1.165) is 13.1 Å². The molecule has 1 fully saturated rings. The summed E-state index contributed by atoms with van der Waals surface area (Å²) in [6.07, 6.45) is 6.47. The average molecular weight is 167 g/mol. The molecule has 0 aromatic heterocycles. The molecular formula is C10H19N2. The molecule has 2 heteroatoms. The van der Waals surface area contributed by atoms with Crippen molar-refractivity contribution in [3.8, 4) is 0 Å². The summed E-state index contributed by atoms with van der Waals surface area (Å²) in [6.45, 7) is 9.66. The van der Waals surface area contributed by atoms with Crippen molar-refractivity contribution in [2.45, 2.75) is 12.8 Å². The SMILES string of the molecule is [CH2]/C=C/CCCN1CCNCC1. The molecule has 2 nitrogen and oxygen atoms in total. The highest BCUT2D eigenvalue weighted by Gasteiger charge is 2.07. The first-order chi connectivity index (χ1) is 5.93. The fraction of sp³-hybridized carbons (Fsp3) is 0.700. The molecule has 0 bridgehead atoms. The van der Waals surface area contributed by atoms with Crippen LogP contribution in [0.25, 0.3) is 0 Å². The van der Waals surface area contributed by atoms with E-state index in [1.807, 2.05) is 6.08 Å². The van der Waals surface area contributed by atoms with Gasteiger partial charge in [-0.2, -0.15) is 0 Å². The van der Waals surface area contributed by atoms with Crippen molar-refractivity contribution in [3.63, 3.8) is 0 Å². The zero-order chi connectivity index (χ0) is 8.65. The molecule has 1 rings (SSSR count). The van der Waals surface area contributed by atoms with E-state index in [4.69, 9.17) is 0 Å². The molecule has 12 heavy (non-hydrogen) atoms. The van der Waals surface area contributed by atoms with E-state index in [-0.39, 0.29) is 0 Å². The molecule has 1 N–H and O–H groups in total. The normalized spacial score (nSPS) is 20.4. The van der Waals surface area contributed by atoms with Crippen LogP contribution in [0.15, 0.2) is 12.2 Å². The summed E-state index contributed by atoms with van der Waals surface area (Å²) < 4.78 is 0. The lowest BCUT2D eigenvalue weighted by atomic mass is 10.2. The van der Waals surface area contributed by atoms with E-state index >= 15 is 0 Å². The van der Waals surface area contributed by atoms with Gasteiger partial charge in [-0.3, -0.25) is 0 Å². The fourth-order valence-electron chi connectivity index (χ4n) is 1.49. The lowest BCUT2D eigenvalue weighted by Crippen LogP contribution is -2.43. The smallest absolute Gasteiger partial charge is 0.0107 e. The molecule has 0 saturated carbocycles. The van der Waals surface area contributed by atoms with Gasteiger partial charge in [-0.15, -0.1) is 0 Å². The molecule has 0 aromatic rings. The van der Waals surface area contributed by atoms with Gasteiger partial charge in [0, 0.05) is 26.2 Å². The molecule has 0 spiro atoms. The Morgan fingerprint density at radius 1 is 1.33 bits per heavy atom. The highest BCUT2D eigenvalue weighted by molar-refractivity contribution is 4.83. The average Bonchev–Trinajstić information content (AvgIpc) is 2.14. The second kappa shape index (κ2) is 6.21. The molecule has 1 heterocycles. The second-order valence-electron chi connectivity index (χ2n) is 3.21. The number of rotatable bonds is 4. The van der Waals surface area contributed by atoms with Gasteiger partial charge >= 0.3 is 0 Å². The Morgan fingerprint density at radius 3 is 2.75 bits per heavy atom. The molecule has 0 unspecified atom stereocenters. The minimum atomic E-state index is 1.16. The first-order valence-electron chi connectivity index (χ1n) is 4.81. The number of hydrogen-bond donors (Lipinski definition) is 1. The van der Waals surface area contributed by atoms with Crippen molar-refractivity contribution in [1.29, 1.82) is 0 Å². The van der Waals surface area contributed by atoms with Crippen molar-refractivity contribution in [1.82, 2.24) is 10.2 Å². The van der Waals surface area contributed by atoms with E-state index in [2.05, 4.69) is 23.2 Å². The number of hydrogen-bond acceptors (Lipinski definition) is 2. The molecule has 1 aliphatic heterocycles. The van der Waals surface area contributed by atoms with Crippen LogP contribution < -0.4 is 5.32 Å². The van der Waals surface area contributed by atoms with Crippen molar-refractivity contribution in [2.75, 3.05) is 32.7 Å². The quantitative estimate of drug-likeness (QED) is 0.630. The van der Waals surface area contributed by atoms with Gasteiger partial charge in [-0.25, -0.2) is 0 Å². The molecule has 0 aromatic carbocycles. The van der Waals surface area contributed by atoms with Crippen LogP contribution in [0.3, 0.4) is 0 Å². The molecule has 1 saturated heterocycles. The van der Waals surface area contributed by atoms with Crippen LogP contribution in [-0.2, 0) is 0 Å². The van der Waals surface area contributed by atoms with Crippen LogP contribution in [0.2, 0.25) is 0 Å². The summed E-state index contributed by atoms with van der Waals surface area (Å²) in [5.74, 6) is 0. The third-order valence-electron chi connectivity index (χ3n) is 2.22. The van der Waals surface area contributed by atoms with Gasteiger partial charge in [0.2, 0.25) is 0 Å². The summed E-state index contributed by atoms with van der Waals surface area (Å²) in [5.41, 5.74) is 0. The van der Waals surface area contributed by atoms with Crippen molar-refractivity contribution in [2.24, 2.45) is 0 Å². The maximum absolute atomic E-state index is 3.67. The van der Waals surface area contributed by atoms with E-state index in [9.17, 15) is 0 Å². The third kappa shape index (κ3) is 3.88. The Kier molecular flexibility index (Phi) is 5.04. The number of nitrogens with zero attached hydrogens (tertiary/aromatic N) is 1.